The van der Waals surface area contributed by atoms with E-state index >= 15 is 0 Å². The number of methoxy groups -OCH3 is 1. The number of hydrogen-bond acceptors (Lipinski definition) is 6. The molecule has 0 N–H and O–H groups in total. The van der Waals surface area contributed by atoms with Crippen LogP contribution in [0.3, 0.4) is 0 Å². The van der Waals surface area contributed by atoms with Crippen molar-refractivity contribution in [2.45, 2.75) is 35.5 Å². The number of carbonyl (C=O) groups is 1. The Morgan fingerprint density at radius 2 is 1.82 bits per heavy atom. The van der Waals surface area contributed by atoms with E-state index in [2.05, 4.69) is 0 Å². The SMILES string of the molecule is COc1ccc(CN(CC2CCCO2)C(=O)c2ccc(S(=O)(=O)c3ccc(Cl)cc3)o2)cc1. The summed E-state index contributed by atoms with van der Waals surface area (Å²) in [6.45, 7) is 1.37. The molecular weight excluding hydrogens is 466 g/mol. The third-order valence-electron chi connectivity index (χ3n) is 5.45. The minimum Gasteiger partial charge on any atom is -0.497 e. The molecule has 4 rings (SSSR count). The van der Waals surface area contributed by atoms with Crippen LogP contribution < -0.4 is 4.74 Å². The van der Waals surface area contributed by atoms with Crippen molar-refractivity contribution in [3.63, 3.8) is 0 Å². The molecular formula is C24H24ClNO6S. The largest absolute Gasteiger partial charge is 0.497 e. The smallest absolute Gasteiger partial charge is 0.290 e. The van der Waals surface area contributed by atoms with E-state index in [1.165, 1.54) is 36.4 Å². The lowest BCUT2D eigenvalue weighted by Gasteiger charge is -2.25. The Balaban J connectivity index is 1.57. The first-order chi connectivity index (χ1) is 15.9. The summed E-state index contributed by atoms with van der Waals surface area (Å²) in [6, 6.07) is 15.9. The van der Waals surface area contributed by atoms with Crippen LogP contribution in [0.4, 0.5) is 0 Å². The maximum Gasteiger partial charge on any atom is 0.290 e. The monoisotopic (exact) mass is 489 g/mol. The van der Waals surface area contributed by atoms with Gasteiger partial charge in [-0.1, -0.05) is 23.7 Å². The van der Waals surface area contributed by atoms with Crippen molar-refractivity contribution < 1.29 is 27.1 Å². The van der Waals surface area contributed by atoms with Crippen molar-refractivity contribution in [3.8, 4) is 5.75 Å². The zero-order valence-corrected chi connectivity index (χ0v) is 19.6. The van der Waals surface area contributed by atoms with Crippen LogP contribution in [0.25, 0.3) is 0 Å². The summed E-state index contributed by atoms with van der Waals surface area (Å²) in [6.07, 6.45) is 1.74. The Morgan fingerprint density at radius 1 is 1.09 bits per heavy atom. The van der Waals surface area contributed by atoms with Crippen LogP contribution in [0.5, 0.6) is 5.75 Å². The van der Waals surface area contributed by atoms with Gasteiger partial charge in [-0.15, -0.1) is 0 Å². The first-order valence-electron chi connectivity index (χ1n) is 10.5. The van der Waals surface area contributed by atoms with Crippen molar-refractivity contribution in [2.24, 2.45) is 0 Å². The molecule has 33 heavy (non-hydrogen) atoms. The van der Waals surface area contributed by atoms with Crippen molar-refractivity contribution in [2.75, 3.05) is 20.3 Å². The first kappa shape index (κ1) is 23.4. The first-order valence-corrected chi connectivity index (χ1v) is 12.4. The Morgan fingerprint density at radius 3 is 2.45 bits per heavy atom. The lowest BCUT2D eigenvalue weighted by Crippen LogP contribution is -2.36. The van der Waals surface area contributed by atoms with Crippen LogP contribution in [0.2, 0.25) is 5.02 Å². The van der Waals surface area contributed by atoms with Gasteiger partial charge >= 0.3 is 0 Å². The van der Waals surface area contributed by atoms with E-state index in [9.17, 15) is 13.2 Å². The molecule has 0 aliphatic carbocycles. The van der Waals surface area contributed by atoms with Gasteiger partial charge in [0.05, 0.1) is 18.1 Å². The summed E-state index contributed by atoms with van der Waals surface area (Å²) in [4.78, 5) is 15.0. The van der Waals surface area contributed by atoms with Gasteiger partial charge in [0.15, 0.2) is 5.76 Å². The van der Waals surface area contributed by atoms with E-state index in [1.54, 1.807) is 12.0 Å². The number of hydrogen-bond donors (Lipinski definition) is 0. The highest BCUT2D eigenvalue weighted by molar-refractivity contribution is 7.91. The zero-order chi connectivity index (χ0) is 23.4. The van der Waals surface area contributed by atoms with E-state index in [4.69, 9.17) is 25.5 Å². The van der Waals surface area contributed by atoms with Crippen LogP contribution in [0.15, 0.2) is 75.1 Å². The fourth-order valence-corrected chi connectivity index (χ4v) is 4.97. The third-order valence-corrected chi connectivity index (χ3v) is 7.34. The standard InChI is InChI=1S/C24H24ClNO6S/c1-30-19-8-4-17(5-9-19)15-26(16-20-3-2-14-31-20)24(27)22-12-13-23(32-22)33(28,29)21-10-6-18(25)7-11-21/h4-13,20H,2-3,14-16H2,1H3. The Bertz CT molecular complexity index is 1200. The molecule has 1 aromatic heterocycles. The average Bonchev–Trinajstić information content (AvgIpc) is 3.52. The minimum atomic E-state index is -3.92. The molecule has 1 saturated heterocycles. The predicted octanol–water partition coefficient (Wildman–Crippen LogP) is 4.60. The van der Waals surface area contributed by atoms with Crippen molar-refractivity contribution >= 4 is 27.3 Å². The maximum absolute atomic E-state index is 13.3. The fourth-order valence-electron chi connectivity index (χ4n) is 3.67. The number of carbonyl (C=O) groups excluding carboxylic acids is 1. The number of halogens is 1. The second kappa shape index (κ2) is 9.99. The molecule has 0 bridgehead atoms. The molecule has 0 radical (unpaired) electrons. The van der Waals surface area contributed by atoms with Gasteiger partial charge < -0.3 is 18.8 Å². The Labute approximate surface area is 197 Å². The molecule has 1 fully saturated rings. The summed E-state index contributed by atoms with van der Waals surface area (Å²) in [7, 11) is -2.33. The van der Waals surface area contributed by atoms with E-state index in [0.29, 0.717) is 24.7 Å². The van der Waals surface area contributed by atoms with Crippen LogP contribution in [-0.4, -0.2) is 45.6 Å². The van der Waals surface area contributed by atoms with Gasteiger partial charge in [0.25, 0.3) is 5.91 Å². The molecule has 0 saturated carbocycles. The van der Waals surface area contributed by atoms with Gasteiger partial charge in [0, 0.05) is 24.7 Å². The molecule has 174 valence electrons. The summed E-state index contributed by atoms with van der Waals surface area (Å²) in [5.74, 6) is 0.270. The number of sulfone groups is 1. The van der Waals surface area contributed by atoms with Crippen LogP contribution >= 0.6 is 11.6 Å². The van der Waals surface area contributed by atoms with E-state index in [0.717, 1.165) is 24.2 Å². The quantitative estimate of drug-likeness (QED) is 0.460. The van der Waals surface area contributed by atoms with Crippen molar-refractivity contribution in [3.05, 3.63) is 77.0 Å². The number of ether oxygens (including phenoxy) is 2. The summed E-state index contributed by atoms with van der Waals surface area (Å²) in [5.41, 5.74) is 0.905. The number of amides is 1. The summed E-state index contributed by atoms with van der Waals surface area (Å²) < 4.78 is 42.2. The molecule has 2 heterocycles. The number of benzene rings is 2. The third kappa shape index (κ3) is 5.40. The second-order valence-corrected chi connectivity index (χ2v) is 10.1. The molecule has 1 amide bonds. The molecule has 1 aliphatic heterocycles. The maximum atomic E-state index is 13.3. The van der Waals surface area contributed by atoms with E-state index in [1.807, 2.05) is 24.3 Å². The molecule has 1 atom stereocenters. The lowest BCUT2D eigenvalue weighted by molar-refractivity contribution is 0.0480. The number of nitrogens with zero attached hydrogens (tertiary/aromatic N) is 1. The molecule has 2 aromatic carbocycles. The van der Waals surface area contributed by atoms with Gasteiger partial charge in [-0.25, -0.2) is 8.42 Å². The average molecular weight is 490 g/mol. The van der Waals surface area contributed by atoms with Gasteiger partial charge in [0.2, 0.25) is 14.9 Å². The minimum absolute atomic E-state index is 0.0368. The highest BCUT2D eigenvalue weighted by Gasteiger charge is 2.28. The lowest BCUT2D eigenvalue weighted by atomic mass is 10.1. The molecule has 1 unspecified atom stereocenters. The molecule has 0 spiro atoms. The Hall–Kier alpha value is -2.81. The summed E-state index contributed by atoms with van der Waals surface area (Å²) in [5, 5.41) is 0.127. The number of furan rings is 1. The van der Waals surface area contributed by atoms with E-state index in [-0.39, 0.29) is 21.9 Å². The normalized spacial score (nSPS) is 16.0. The van der Waals surface area contributed by atoms with Crippen molar-refractivity contribution in [1.29, 1.82) is 0 Å². The fraction of sp³-hybridized carbons (Fsp3) is 0.292. The van der Waals surface area contributed by atoms with Crippen LogP contribution in [-0.2, 0) is 21.1 Å². The summed E-state index contributed by atoms with van der Waals surface area (Å²) >= 11 is 5.86. The number of rotatable bonds is 8. The molecule has 7 nitrogen and oxygen atoms in total. The van der Waals surface area contributed by atoms with Crippen molar-refractivity contribution in [1.82, 2.24) is 4.90 Å². The van der Waals surface area contributed by atoms with Crippen LogP contribution in [0.1, 0.15) is 29.0 Å². The molecule has 9 heteroatoms. The highest BCUT2D eigenvalue weighted by atomic mass is 35.5. The topological polar surface area (TPSA) is 86.0 Å². The second-order valence-electron chi connectivity index (χ2n) is 7.74. The predicted molar refractivity (Wildman–Crippen MR) is 122 cm³/mol. The van der Waals surface area contributed by atoms with E-state index < -0.39 is 15.7 Å². The molecule has 1 aliphatic rings. The highest BCUT2D eigenvalue weighted by Crippen LogP contribution is 2.26. The molecule has 3 aromatic rings. The van der Waals surface area contributed by atoms with Gasteiger partial charge in [0.1, 0.15) is 5.75 Å². The van der Waals surface area contributed by atoms with Gasteiger partial charge in [-0.05, 0) is 66.9 Å². The Kier molecular flexibility index (Phi) is 7.07. The van der Waals surface area contributed by atoms with Gasteiger partial charge in [-0.2, -0.15) is 0 Å². The zero-order valence-electron chi connectivity index (χ0n) is 18.1. The van der Waals surface area contributed by atoms with Crippen LogP contribution in [0, 0.1) is 0 Å². The van der Waals surface area contributed by atoms with Gasteiger partial charge in [-0.3, -0.25) is 4.79 Å².